The fourth-order valence-electron chi connectivity index (χ4n) is 2.39. The van der Waals surface area contributed by atoms with Crippen LogP contribution in [0.2, 0.25) is 0 Å². The Labute approximate surface area is 114 Å². The Morgan fingerprint density at radius 1 is 1.05 bits per heavy atom. The van der Waals surface area contributed by atoms with E-state index in [2.05, 4.69) is 41.7 Å². The van der Waals surface area contributed by atoms with Crippen LogP contribution in [0.15, 0.2) is 48.5 Å². The third-order valence-corrected chi connectivity index (χ3v) is 3.65. The monoisotopic (exact) mass is 253 g/mol. The smallest absolute Gasteiger partial charge is 0.119 e. The van der Waals surface area contributed by atoms with Crippen molar-refractivity contribution in [2.45, 2.75) is 25.3 Å². The molecule has 0 aromatic heterocycles. The minimum absolute atomic E-state index is 0.800. The zero-order valence-electron chi connectivity index (χ0n) is 11.2. The van der Waals surface area contributed by atoms with E-state index < -0.39 is 0 Å². The third-order valence-electron chi connectivity index (χ3n) is 3.65. The first-order valence-corrected chi connectivity index (χ1v) is 6.82. The van der Waals surface area contributed by atoms with E-state index in [0.717, 1.165) is 23.9 Å². The van der Waals surface area contributed by atoms with Crippen LogP contribution in [-0.2, 0) is 6.54 Å². The summed E-state index contributed by atoms with van der Waals surface area (Å²) in [4.78, 5) is 0. The van der Waals surface area contributed by atoms with Crippen molar-refractivity contribution in [3.63, 3.8) is 0 Å². The van der Waals surface area contributed by atoms with Gasteiger partial charge in [0.1, 0.15) is 5.75 Å². The highest BCUT2D eigenvalue weighted by Crippen LogP contribution is 2.41. The van der Waals surface area contributed by atoms with Gasteiger partial charge in [-0.3, -0.25) is 0 Å². The van der Waals surface area contributed by atoms with Gasteiger partial charge >= 0.3 is 0 Å². The summed E-state index contributed by atoms with van der Waals surface area (Å²) in [5.74, 6) is 1.69. The summed E-state index contributed by atoms with van der Waals surface area (Å²) in [5.41, 5.74) is 4.07. The first kappa shape index (κ1) is 12.1. The van der Waals surface area contributed by atoms with Crippen LogP contribution in [0.3, 0.4) is 0 Å². The molecule has 0 aliphatic heterocycles. The lowest BCUT2D eigenvalue weighted by Crippen LogP contribution is -2.02. The molecule has 2 aromatic carbocycles. The molecule has 19 heavy (non-hydrogen) atoms. The molecule has 2 aromatic rings. The molecule has 98 valence electrons. The number of ether oxygens (including phenoxy) is 1. The van der Waals surface area contributed by atoms with E-state index in [9.17, 15) is 0 Å². The molecule has 0 saturated heterocycles. The van der Waals surface area contributed by atoms with Gasteiger partial charge in [0.05, 0.1) is 7.11 Å². The quantitative estimate of drug-likeness (QED) is 0.863. The minimum Gasteiger partial charge on any atom is -0.497 e. The summed E-state index contributed by atoms with van der Waals surface area (Å²) in [6, 6.07) is 16.8. The molecule has 1 aliphatic carbocycles. The predicted molar refractivity (Wildman–Crippen MR) is 78.7 cm³/mol. The Kier molecular flexibility index (Phi) is 3.41. The molecule has 3 rings (SSSR count). The Hall–Kier alpha value is -1.96. The molecule has 0 amide bonds. The number of hydrogen-bond donors (Lipinski definition) is 1. The van der Waals surface area contributed by atoms with E-state index in [4.69, 9.17) is 4.74 Å². The molecule has 0 unspecified atom stereocenters. The van der Waals surface area contributed by atoms with Crippen molar-refractivity contribution in [1.82, 2.24) is 0 Å². The first-order chi connectivity index (χ1) is 9.36. The molecule has 1 aliphatic rings. The summed E-state index contributed by atoms with van der Waals surface area (Å²) in [6.07, 6.45) is 2.69. The highest BCUT2D eigenvalue weighted by atomic mass is 16.5. The van der Waals surface area contributed by atoms with Crippen LogP contribution in [0.5, 0.6) is 5.75 Å². The van der Waals surface area contributed by atoms with Gasteiger partial charge in [0, 0.05) is 12.2 Å². The van der Waals surface area contributed by atoms with Gasteiger partial charge in [-0.2, -0.15) is 0 Å². The van der Waals surface area contributed by atoms with E-state index in [0.29, 0.717) is 0 Å². The normalized spacial score (nSPS) is 14.2. The van der Waals surface area contributed by atoms with E-state index in [1.54, 1.807) is 7.11 Å². The van der Waals surface area contributed by atoms with Crippen molar-refractivity contribution in [1.29, 1.82) is 0 Å². The molecule has 1 saturated carbocycles. The van der Waals surface area contributed by atoms with Crippen LogP contribution in [0.4, 0.5) is 5.69 Å². The number of benzene rings is 2. The summed E-state index contributed by atoms with van der Waals surface area (Å²) in [7, 11) is 1.69. The fraction of sp³-hybridized carbons (Fsp3) is 0.294. The number of rotatable bonds is 5. The molecule has 2 nitrogen and oxygen atoms in total. The van der Waals surface area contributed by atoms with Gasteiger partial charge in [-0.25, -0.2) is 0 Å². The molecule has 1 N–H and O–H groups in total. The van der Waals surface area contributed by atoms with Crippen molar-refractivity contribution < 1.29 is 4.74 Å². The van der Waals surface area contributed by atoms with Gasteiger partial charge in [0.15, 0.2) is 0 Å². The van der Waals surface area contributed by atoms with Gasteiger partial charge in [-0.05, 0) is 54.2 Å². The van der Waals surface area contributed by atoms with E-state index in [1.807, 2.05) is 12.1 Å². The highest BCUT2D eigenvalue weighted by molar-refractivity contribution is 5.47. The average molecular weight is 253 g/mol. The minimum atomic E-state index is 0.800. The molecule has 0 spiro atoms. The van der Waals surface area contributed by atoms with Crippen LogP contribution in [-0.4, -0.2) is 7.11 Å². The van der Waals surface area contributed by atoms with Crippen LogP contribution in [0.1, 0.15) is 29.9 Å². The van der Waals surface area contributed by atoms with Crippen molar-refractivity contribution >= 4 is 5.69 Å². The van der Waals surface area contributed by atoms with Gasteiger partial charge in [-0.1, -0.05) is 24.3 Å². The van der Waals surface area contributed by atoms with Gasteiger partial charge in [0.2, 0.25) is 0 Å². The van der Waals surface area contributed by atoms with Crippen LogP contribution >= 0.6 is 0 Å². The lowest BCUT2D eigenvalue weighted by molar-refractivity contribution is 0.415. The molecule has 0 radical (unpaired) electrons. The van der Waals surface area contributed by atoms with Gasteiger partial charge in [-0.15, -0.1) is 0 Å². The zero-order valence-corrected chi connectivity index (χ0v) is 11.2. The van der Waals surface area contributed by atoms with Gasteiger partial charge in [0.25, 0.3) is 0 Å². The highest BCUT2D eigenvalue weighted by Gasteiger charge is 2.25. The maximum atomic E-state index is 5.16. The SMILES string of the molecule is COc1ccc(NCc2ccccc2C2CC2)cc1. The Balaban J connectivity index is 1.68. The molecule has 0 atom stereocenters. The number of nitrogens with one attached hydrogen (secondary N) is 1. The number of anilines is 1. The zero-order chi connectivity index (χ0) is 13.1. The van der Waals surface area contributed by atoms with Crippen LogP contribution in [0.25, 0.3) is 0 Å². The van der Waals surface area contributed by atoms with Crippen molar-refractivity contribution in [3.05, 3.63) is 59.7 Å². The van der Waals surface area contributed by atoms with Crippen molar-refractivity contribution in [2.75, 3.05) is 12.4 Å². The summed E-state index contributed by atoms with van der Waals surface area (Å²) < 4.78 is 5.16. The topological polar surface area (TPSA) is 21.3 Å². The van der Waals surface area contributed by atoms with E-state index in [1.165, 1.54) is 24.0 Å². The molecule has 0 bridgehead atoms. The lowest BCUT2D eigenvalue weighted by Gasteiger charge is -2.11. The third kappa shape index (κ3) is 2.90. The fourth-order valence-corrected chi connectivity index (χ4v) is 2.39. The van der Waals surface area contributed by atoms with Crippen LogP contribution < -0.4 is 10.1 Å². The largest absolute Gasteiger partial charge is 0.497 e. The molecule has 0 heterocycles. The number of hydrogen-bond acceptors (Lipinski definition) is 2. The van der Waals surface area contributed by atoms with Crippen molar-refractivity contribution in [2.24, 2.45) is 0 Å². The maximum Gasteiger partial charge on any atom is 0.119 e. The van der Waals surface area contributed by atoms with Gasteiger partial charge < -0.3 is 10.1 Å². The van der Waals surface area contributed by atoms with E-state index >= 15 is 0 Å². The van der Waals surface area contributed by atoms with Crippen molar-refractivity contribution in [3.8, 4) is 5.75 Å². The first-order valence-electron chi connectivity index (χ1n) is 6.82. The maximum absolute atomic E-state index is 5.16. The molecule has 1 fully saturated rings. The molecule has 2 heteroatoms. The molecular weight excluding hydrogens is 234 g/mol. The Bertz CT molecular complexity index is 543. The average Bonchev–Trinajstić information content (AvgIpc) is 3.30. The Morgan fingerprint density at radius 3 is 2.47 bits per heavy atom. The second-order valence-corrected chi connectivity index (χ2v) is 5.06. The number of methoxy groups -OCH3 is 1. The second-order valence-electron chi connectivity index (χ2n) is 5.06. The predicted octanol–water partition coefficient (Wildman–Crippen LogP) is 4.18. The summed E-state index contributed by atoms with van der Waals surface area (Å²) in [6.45, 7) is 0.888. The second kappa shape index (κ2) is 5.35. The lowest BCUT2D eigenvalue weighted by atomic mass is 10.0. The summed E-state index contributed by atoms with van der Waals surface area (Å²) >= 11 is 0. The van der Waals surface area contributed by atoms with E-state index in [-0.39, 0.29) is 0 Å². The Morgan fingerprint density at radius 2 is 1.79 bits per heavy atom. The molecular formula is C17H19NO. The standard InChI is InChI=1S/C17H19NO/c1-19-16-10-8-15(9-11-16)18-12-14-4-2-3-5-17(14)13-6-7-13/h2-5,8-11,13,18H,6-7,12H2,1H3. The summed E-state index contributed by atoms with van der Waals surface area (Å²) in [5, 5.41) is 3.48. The van der Waals surface area contributed by atoms with Crippen LogP contribution in [0, 0.1) is 0 Å².